The minimum Gasteiger partial charge on any atom is -0.503 e. The molecule has 10 nitrogen and oxygen atoms in total. The first kappa shape index (κ1) is 28.9. The maximum absolute atomic E-state index is 13.9. The summed E-state index contributed by atoms with van der Waals surface area (Å²) in [5, 5.41) is 11.0. The predicted molar refractivity (Wildman–Crippen MR) is 146 cm³/mol. The smallest absolute Gasteiger partial charge is 0.294 e. The normalized spacial score (nSPS) is 32.2. The van der Waals surface area contributed by atoms with E-state index in [-0.39, 0.29) is 81.2 Å². The average Bonchev–Trinajstić information content (AvgIpc) is 3.55. The largest absolute Gasteiger partial charge is 0.503 e. The molecule has 0 aromatic carbocycles. The number of aliphatic hydroxyl groups excluding tert-OH is 1. The van der Waals surface area contributed by atoms with E-state index in [1.54, 1.807) is 6.08 Å². The van der Waals surface area contributed by atoms with Crippen molar-refractivity contribution in [3.05, 3.63) is 59.3 Å². The predicted octanol–water partition coefficient (Wildman–Crippen LogP) is 2.70. The Bertz CT molecular complexity index is 1310. The molecule has 2 saturated heterocycles. The zero-order valence-electron chi connectivity index (χ0n) is 22.5. The fourth-order valence-electron chi connectivity index (χ4n) is 6.74. The van der Waals surface area contributed by atoms with Crippen LogP contribution in [-0.2, 0) is 24.0 Å². The van der Waals surface area contributed by atoms with E-state index < -0.39 is 23.2 Å². The van der Waals surface area contributed by atoms with Crippen molar-refractivity contribution in [2.75, 3.05) is 32.7 Å². The Morgan fingerprint density at radius 1 is 1.15 bits per heavy atom. The van der Waals surface area contributed by atoms with Crippen LogP contribution in [0.15, 0.2) is 59.3 Å². The molecule has 1 spiro atoms. The Kier molecular flexibility index (Phi) is 8.28. The number of imide groups is 1. The van der Waals surface area contributed by atoms with Gasteiger partial charge in [0.2, 0.25) is 11.8 Å². The Morgan fingerprint density at radius 2 is 1.90 bits per heavy atom. The van der Waals surface area contributed by atoms with Gasteiger partial charge in [-0.15, -0.1) is 0 Å². The number of aliphatic hydroxyl groups is 1. The van der Waals surface area contributed by atoms with Gasteiger partial charge in [0, 0.05) is 44.6 Å². The molecule has 0 aromatic heterocycles. The van der Waals surface area contributed by atoms with Crippen molar-refractivity contribution in [2.24, 2.45) is 11.8 Å². The van der Waals surface area contributed by atoms with Crippen molar-refractivity contribution in [3.63, 3.8) is 0 Å². The number of Topliss-reactive ketones (excluding diaryl/α,β-unsaturated/α-hetero) is 1. The van der Waals surface area contributed by atoms with Crippen LogP contribution in [0.3, 0.4) is 0 Å². The summed E-state index contributed by atoms with van der Waals surface area (Å²) >= 11 is 5.70. The van der Waals surface area contributed by atoms with Gasteiger partial charge >= 0.3 is 0 Å². The number of rotatable bonds is 7. The van der Waals surface area contributed by atoms with Gasteiger partial charge in [0.15, 0.2) is 11.5 Å². The molecule has 4 amide bonds. The zero-order chi connectivity index (χ0) is 29.3. The summed E-state index contributed by atoms with van der Waals surface area (Å²) in [6, 6.07) is 0. The number of amides is 4. The molecule has 3 unspecified atom stereocenters. The van der Waals surface area contributed by atoms with E-state index in [1.165, 1.54) is 32.4 Å². The fourth-order valence-corrected chi connectivity index (χ4v) is 6.90. The minimum atomic E-state index is -0.906. The quantitative estimate of drug-likeness (QED) is 0.360. The highest BCUT2D eigenvalue weighted by Gasteiger charge is 2.67. The number of hydrogen-bond donors (Lipinski definition) is 1. The van der Waals surface area contributed by atoms with Gasteiger partial charge in [0.1, 0.15) is 5.66 Å². The molecule has 5 rings (SSSR count). The Morgan fingerprint density at radius 3 is 2.54 bits per heavy atom. The Hall–Kier alpha value is -3.57. The van der Waals surface area contributed by atoms with Crippen LogP contribution in [0.2, 0.25) is 0 Å². The molecule has 1 N–H and O–H groups in total. The minimum absolute atomic E-state index is 0.00510. The summed E-state index contributed by atoms with van der Waals surface area (Å²) in [4.78, 5) is 70.9. The Balaban J connectivity index is 1.46. The van der Waals surface area contributed by atoms with E-state index >= 15 is 0 Å². The molecule has 2 saturated carbocycles. The van der Waals surface area contributed by atoms with E-state index in [0.717, 1.165) is 25.0 Å². The van der Waals surface area contributed by atoms with E-state index in [2.05, 4.69) is 0 Å². The third-order valence-corrected chi connectivity index (χ3v) is 8.83. The Labute approximate surface area is 242 Å². The molecular weight excluding hydrogens is 555 g/mol. The molecule has 41 heavy (non-hydrogen) atoms. The highest BCUT2D eigenvalue weighted by molar-refractivity contribution is 6.25. The second-order valence-corrected chi connectivity index (χ2v) is 11.2. The van der Waals surface area contributed by atoms with Crippen LogP contribution >= 0.6 is 11.6 Å². The van der Waals surface area contributed by atoms with Gasteiger partial charge in [-0.25, -0.2) is 4.39 Å². The van der Waals surface area contributed by atoms with Crippen LogP contribution in [0, 0.1) is 11.8 Å². The van der Waals surface area contributed by atoms with Crippen LogP contribution in [-0.4, -0.2) is 92.5 Å². The van der Waals surface area contributed by atoms with E-state index in [0.29, 0.717) is 24.2 Å². The van der Waals surface area contributed by atoms with Gasteiger partial charge in [0.25, 0.3) is 11.8 Å². The van der Waals surface area contributed by atoms with Crippen LogP contribution < -0.4 is 0 Å². The van der Waals surface area contributed by atoms with Crippen molar-refractivity contribution < 1.29 is 33.5 Å². The second kappa shape index (κ2) is 11.7. The van der Waals surface area contributed by atoms with Crippen molar-refractivity contribution in [3.8, 4) is 0 Å². The average molecular weight is 587 g/mol. The van der Waals surface area contributed by atoms with Gasteiger partial charge in [-0.1, -0.05) is 23.8 Å². The van der Waals surface area contributed by atoms with Crippen LogP contribution in [0.5, 0.6) is 0 Å². The number of ketones is 1. The van der Waals surface area contributed by atoms with Crippen molar-refractivity contribution in [1.29, 1.82) is 0 Å². The molecular formula is C29H32ClFN4O6. The standard InChI is InChI=1S/C29H32ClFN4O6/c30-10-8-19(3-1-11-31)17-32-12-2-4-22-24(37)18-33(13-14-34-25(38)5-6-26(34)39)29(9-7-20-15-21(20)29)35(22)28(41)23(36)16-27(32)40/h1,3-4,8,10-11,16,20-21,36H,2,5-7,9,12-15,17-18H2/b10-8+,11-1+,19-3+,22-4+,23-16-. The topological polar surface area (TPSA) is 119 Å². The maximum atomic E-state index is 13.9. The number of hydrogen-bond acceptors (Lipinski definition) is 7. The number of fused-ring (bicyclic) bond motifs is 4. The van der Waals surface area contributed by atoms with Crippen LogP contribution in [0.25, 0.3) is 0 Å². The maximum Gasteiger partial charge on any atom is 0.294 e. The number of allylic oxidation sites excluding steroid dienone is 2. The first-order valence-electron chi connectivity index (χ1n) is 13.8. The monoisotopic (exact) mass is 586 g/mol. The highest BCUT2D eigenvalue weighted by Crippen LogP contribution is 2.62. The molecule has 12 heteroatoms. The molecule has 3 heterocycles. The molecule has 0 aromatic rings. The first-order chi connectivity index (χ1) is 19.7. The molecule has 4 fully saturated rings. The molecule has 0 radical (unpaired) electrons. The van der Waals surface area contributed by atoms with Crippen molar-refractivity contribution in [1.82, 2.24) is 19.6 Å². The van der Waals surface area contributed by atoms with Crippen molar-refractivity contribution in [2.45, 2.75) is 44.2 Å². The van der Waals surface area contributed by atoms with Gasteiger partial charge < -0.3 is 10.0 Å². The SMILES string of the molecule is O=C1CN(CCN2C(=O)CCC2=O)C2(CCC3CC32)N2C(=O)/C(O)=C/C(=O)N(CC(/C=C/Cl)=C/C=C/F)CC/C=C\12. The summed E-state index contributed by atoms with van der Waals surface area (Å²) in [7, 11) is 0. The molecule has 3 atom stereocenters. The van der Waals surface area contributed by atoms with Gasteiger partial charge in [0.05, 0.1) is 24.6 Å². The molecule has 3 aliphatic heterocycles. The number of likely N-dealkylation sites (tertiary alicyclic amines) is 1. The van der Waals surface area contributed by atoms with Crippen LogP contribution in [0.1, 0.15) is 38.5 Å². The van der Waals surface area contributed by atoms with Gasteiger partial charge in [-0.05, 0) is 55.2 Å². The number of nitrogens with zero attached hydrogens (tertiary/aromatic N) is 4. The third kappa shape index (κ3) is 5.40. The van der Waals surface area contributed by atoms with E-state index in [4.69, 9.17) is 11.6 Å². The molecule has 218 valence electrons. The number of carbonyl (C=O) groups is 5. The summed E-state index contributed by atoms with van der Waals surface area (Å²) in [6.07, 6.45) is 9.79. The van der Waals surface area contributed by atoms with Gasteiger partial charge in [-0.3, -0.25) is 38.7 Å². The zero-order valence-corrected chi connectivity index (χ0v) is 23.3. The lowest BCUT2D eigenvalue weighted by atomic mass is 9.91. The lowest BCUT2D eigenvalue weighted by Gasteiger charge is -2.54. The summed E-state index contributed by atoms with van der Waals surface area (Å²) in [5.41, 5.74) is 1.01. The van der Waals surface area contributed by atoms with Crippen molar-refractivity contribution >= 4 is 41.0 Å². The third-order valence-electron chi connectivity index (χ3n) is 8.71. The molecule has 0 bridgehead atoms. The lowest BCUT2D eigenvalue weighted by Crippen LogP contribution is -2.69. The molecule has 2 aliphatic carbocycles. The number of halogens is 2. The first-order valence-corrected chi connectivity index (χ1v) is 14.2. The summed E-state index contributed by atoms with van der Waals surface area (Å²) < 4.78 is 12.6. The second-order valence-electron chi connectivity index (χ2n) is 11.0. The van der Waals surface area contributed by atoms with Gasteiger partial charge in [-0.2, -0.15) is 0 Å². The highest BCUT2D eigenvalue weighted by atomic mass is 35.5. The summed E-state index contributed by atoms with van der Waals surface area (Å²) in [5.74, 6) is -2.65. The van der Waals surface area contributed by atoms with E-state index in [1.807, 2.05) is 4.90 Å². The van der Waals surface area contributed by atoms with Crippen LogP contribution in [0.4, 0.5) is 4.39 Å². The fraction of sp³-hybridized carbons (Fsp3) is 0.483. The molecule has 5 aliphatic rings. The lowest BCUT2D eigenvalue weighted by molar-refractivity contribution is -0.158. The summed E-state index contributed by atoms with van der Waals surface area (Å²) in [6.45, 7) is 0.532. The van der Waals surface area contributed by atoms with E-state index in [9.17, 15) is 33.5 Å². The number of carbonyl (C=O) groups excluding carboxylic acids is 5.